The molecule has 1 heterocycles. The topological polar surface area (TPSA) is 77.5 Å². The predicted molar refractivity (Wildman–Crippen MR) is 142 cm³/mol. The molecule has 2 atom stereocenters. The summed E-state index contributed by atoms with van der Waals surface area (Å²) in [4.78, 5) is 31.2. The van der Waals surface area contributed by atoms with Crippen LogP contribution in [-0.4, -0.2) is 58.2 Å². The van der Waals surface area contributed by atoms with Crippen molar-refractivity contribution in [3.05, 3.63) is 42.0 Å². The molecular formula is C29H38N2O6. The van der Waals surface area contributed by atoms with E-state index in [-0.39, 0.29) is 24.3 Å². The molecule has 2 fully saturated rings. The third-order valence-corrected chi connectivity index (χ3v) is 7.77. The van der Waals surface area contributed by atoms with Gasteiger partial charge in [0.05, 0.1) is 46.1 Å². The molecule has 0 radical (unpaired) electrons. The number of anilines is 1. The molecule has 0 unspecified atom stereocenters. The van der Waals surface area contributed by atoms with Crippen LogP contribution in [0.2, 0.25) is 0 Å². The van der Waals surface area contributed by atoms with Crippen LogP contribution in [0.15, 0.2) is 36.4 Å². The standard InChI is InChI=1S/C29H38N2O6/c1-30(20-9-7-6-8-10-20)29(33)23-15-16-26(32)31(27(23)19-11-13-22(34-2)14-12-19)21-17-24(35-3)28(37-5)25(18-21)36-4/h11-14,17-18,20,23,27H,6-10,15-16H2,1-5H3/t23-,27-/m1/s1. The highest BCUT2D eigenvalue weighted by molar-refractivity contribution is 5.98. The normalized spacial score (nSPS) is 20.4. The molecule has 1 aliphatic carbocycles. The van der Waals surface area contributed by atoms with Gasteiger partial charge in [0.2, 0.25) is 17.6 Å². The lowest BCUT2D eigenvalue weighted by Crippen LogP contribution is -2.50. The van der Waals surface area contributed by atoms with Crippen molar-refractivity contribution in [2.75, 3.05) is 40.4 Å². The van der Waals surface area contributed by atoms with E-state index in [0.29, 0.717) is 35.1 Å². The van der Waals surface area contributed by atoms with Crippen LogP contribution >= 0.6 is 0 Å². The van der Waals surface area contributed by atoms with E-state index in [0.717, 1.165) is 31.2 Å². The van der Waals surface area contributed by atoms with Gasteiger partial charge in [0.15, 0.2) is 11.5 Å². The molecule has 0 bridgehead atoms. The molecule has 2 amide bonds. The molecule has 0 aromatic heterocycles. The number of rotatable bonds is 8. The van der Waals surface area contributed by atoms with Gasteiger partial charge >= 0.3 is 0 Å². The molecule has 1 saturated heterocycles. The fraction of sp³-hybridized carbons (Fsp3) is 0.517. The van der Waals surface area contributed by atoms with E-state index in [1.54, 1.807) is 45.5 Å². The average molecular weight is 511 g/mol. The van der Waals surface area contributed by atoms with Crippen molar-refractivity contribution in [2.24, 2.45) is 5.92 Å². The van der Waals surface area contributed by atoms with Crippen molar-refractivity contribution in [3.8, 4) is 23.0 Å². The van der Waals surface area contributed by atoms with Crippen LogP contribution in [0, 0.1) is 5.92 Å². The van der Waals surface area contributed by atoms with Crippen LogP contribution in [0.3, 0.4) is 0 Å². The minimum absolute atomic E-state index is 0.0561. The monoisotopic (exact) mass is 510 g/mol. The summed E-state index contributed by atoms with van der Waals surface area (Å²) >= 11 is 0. The highest BCUT2D eigenvalue weighted by Gasteiger charge is 2.43. The van der Waals surface area contributed by atoms with Crippen molar-refractivity contribution in [1.82, 2.24) is 4.90 Å². The fourth-order valence-corrected chi connectivity index (χ4v) is 5.75. The summed E-state index contributed by atoms with van der Waals surface area (Å²) in [5, 5.41) is 0. The summed E-state index contributed by atoms with van der Waals surface area (Å²) in [5.74, 6) is 1.70. The van der Waals surface area contributed by atoms with Crippen molar-refractivity contribution >= 4 is 17.5 Å². The lowest BCUT2D eigenvalue weighted by Gasteiger charge is -2.43. The van der Waals surface area contributed by atoms with E-state index < -0.39 is 12.0 Å². The van der Waals surface area contributed by atoms with E-state index in [2.05, 4.69) is 0 Å². The van der Waals surface area contributed by atoms with Crippen LogP contribution in [-0.2, 0) is 9.59 Å². The van der Waals surface area contributed by atoms with Gasteiger partial charge in [-0.25, -0.2) is 0 Å². The van der Waals surface area contributed by atoms with Crippen LogP contribution in [0.5, 0.6) is 23.0 Å². The van der Waals surface area contributed by atoms with E-state index in [1.165, 1.54) is 6.42 Å². The Hall–Kier alpha value is -3.42. The van der Waals surface area contributed by atoms with E-state index >= 15 is 0 Å². The molecule has 2 aromatic rings. The summed E-state index contributed by atoms with van der Waals surface area (Å²) in [6, 6.07) is 10.9. The van der Waals surface area contributed by atoms with Gasteiger partial charge in [0.25, 0.3) is 0 Å². The third kappa shape index (κ3) is 5.33. The molecule has 1 saturated carbocycles. The van der Waals surface area contributed by atoms with Gasteiger partial charge < -0.3 is 28.7 Å². The van der Waals surface area contributed by atoms with E-state index in [4.69, 9.17) is 18.9 Å². The first kappa shape index (κ1) is 26.6. The molecular weight excluding hydrogens is 472 g/mol. The zero-order valence-corrected chi connectivity index (χ0v) is 22.5. The number of hydrogen-bond donors (Lipinski definition) is 0. The molecule has 2 aromatic carbocycles. The summed E-state index contributed by atoms with van der Waals surface area (Å²) in [6.45, 7) is 0. The Morgan fingerprint density at radius 2 is 1.49 bits per heavy atom. The average Bonchev–Trinajstić information content (AvgIpc) is 2.95. The largest absolute Gasteiger partial charge is 0.497 e. The molecule has 37 heavy (non-hydrogen) atoms. The Bertz CT molecular complexity index is 1070. The second-order valence-corrected chi connectivity index (χ2v) is 9.75. The number of carbonyl (C=O) groups excluding carboxylic acids is 2. The van der Waals surface area contributed by atoms with Gasteiger partial charge in [-0.15, -0.1) is 0 Å². The Morgan fingerprint density at radius 3 is 2.03 bits per heavy atom. The van der Waals surface area contributed by atoms with Crippen molar-refractivity contribution in [3.63, 3.8) is 0 Å². The number of hydrogen-bond acceptors (Lipinski definition) is 6. The molecule has 8 heteroatoms. The number of amides is 2. The molecule has 200 valence electrons. The zero-order valence-electron chi connectivity index (χ0n) is 22.5. The number of ether oxygens (including phenoxy) is 4. The highest BCUT2D eigenvalue weighted by atomic mass is 16.5. The highest BCUT2D eigenvalue weighted by Crippen LogP contribution is 2.47. The van der Waals surface area contributed by atoms with Gasteiger partial charge in [-0.05, 0) is 37.0 Å². The predicted octanol–water partition coefficient (Wildman–Crippen LogP) is 5.00. The zero-order chi connectivity index (χ0) is 26.5. The van der Waals surface area contributed by atoms with Crippen molar-refractivity contribution < 1.29 is 28.5 Å². The number of nitrogens with zero attached hydrogens (tertiary/aromatic N) is 2. The van der Waals surface area contributed by atoms with Gasteiger partial charge in [0, 0.05) is 31.6 Å². The van der Waals surface area contributed by atoms with Crippen molar-refractivity contribution in [2.45, 2.75) is 57.0 Å². The second kappa shape index (κ2) is 11.8. The first-order chi connectivity index (χ1) is 17.9. The van der Waals surface area contributed by atoms with Crippen molar-refractivity contribution in [1.29, 1.82) is 0 Å². The number of benzene rings is 2. The van der Waals surface area contributed by atoms with E-state index in [9.17, 15) is 9.59 Å². The van der Waals surface area contributed by atoms with Gasteiger partial charge in [-0.2, -0.15) is 0 Å². The van der Waals surface area contributed by atoms with Crippen LogP contribution in [0.1, 0.15) is 56.6 Å². The van der Waals surface area contributed by atoms with Crippen LogP contribution < -0.4 is 23.8 Å². The molecule has 8 nitrogen and oxygen atoms in total. The Morgan fingerprint density at radius 1 is 0.865 bits per heavy atom. The summed E-state index contributed by atoms with van der Waals surface area (Å²) in [6.07, 6.45) is 6.33. The first-order valence-corrected chi connectivity index (χ1v) is 13.0. The molecule has 0 spiro atoms. The number of methoxy groups -OCH3 is 4. The Labute approximate surface area is 219 Å². The first-order valence-electron chi connectivity index (χ1n) is 13.0. The maximum Gasteiger partial charge on any atom is 0.228 e. The van der Waals surface area contributed by atoms with Gasteiger partial charge in [-0.1, -0.05) is 31.4 Å². The maximum atomic E-state index is 14.0. The quantitative estimate of drug-likeness (QED) is 0.498. The number of carbonyl (C=O) groups is 2. The SMILES string of the molecule is COc1ccc([C@@H]2[C@H](C(=O)N(C)C3CCCCC3)CCC(=O)N2c2cc(OC)c(OC)c(OC)c2)cc1. The number of piperidine rings is 1. The smallest absolute Gasteiger partial charge is 0.228 e. The van der Waals surface area contributed by atoms with Crippen LogP contribution in [0.4, 0.5) is 5.69 Å². The maximum absolute atomic E-state index is 14.0. The molecule has 2 aliphatic rings. The lowest BCUT2D eigenvalue weighted by atomic mass is 9.82. The lowest BCUT2D eigenvalue weighted by molar-refractivity contribution is -0.139. The molecule has 1 aliphatic heterocycles. The Kier molecular flexibility index (Phi) is 8.46. The minimum Gasteiger partial charge on any atom is -0.497 e. The summed E-state index contributed by atoms with van der Waals surface area (Å²) in [5.41, 5.74) is 1.47. The molecule has 0 N–H and O–H groups in total. The van der Waals surface area contributed by atoms with Crippen LogP contribution in [0.25, 0.3) is 0 Å². The minimum atomic E-state index is -0.492. The second-order valence-electron chi connectivity index (χ2n) is 9.75. The summed E-state index contributed by atoms with van der Waals surface area (Å²) < 4.78 is 22.0. The Balaban J connectivity index is 1.80. The third-order valence-electron chi connectivity index (χ3n) is 7.77. The van der Waals surface area contributed by atoms with Gasteiger partial charge in [-0.3, -0.25) is 9.59 Å². The van der Waals surface area contributed by atoms with E-state index in [1.807, 2.05) is 36.2 Å². The van der Waals surface area contributed by atoms with Gasteiger partial charge in [0.1, 0.15) is 5.75 Å². The summed E-state index contributed by atoms with van der Waals surface area (Å²) in [7, 11) is 8.18. The molecule has 4 rings (SSSR count). The fourth-order valence-electron chi connectivity index (χ4n) is 5.75.